The van der Waals surface area contributed by atoms with Crippen LogP contribution in [0.15, 0.2) is 24.3 Å². The van der Waals surface area contributed by atoms with E-state index >= 15 is 0 Å². The van der Waals surface area contributed by atoms with Gasteiger partial charge in [0.2, 0.25) is 0 Å². The Labute approximate surface area is 148 Å². The maximum atomic E-state index is 12.3. The molecular weight excluding hydrogens is 357 g/mol. The van der Waals surface area contributed by atoms with E-state index in [-0.39, 0.29) is 31.4 Å². The third-order valence-corrected chi connectivity index (χ3v) is 5.74. The zero-order valence-corrected chi connectivity index (χ0v) is 15.3. The summed E-state index contributed by atoms with van der Waals surface area (Å²) >= 11 is 0. The fourth-order valence-corrected chi connectivity index (χ4v) is 3.50. The number of halogens is 1. The van der Waals surface area contributed by atoms with Crippen molar-refractivity contribution in [1.82, 2.24) is 0 Å². The smallest absolute Gasteiger partial charge is 0.303 e. The number of aryl methyl sites for hydroxylation is 1. The molecule has 138 valence electrons. The van der Waals surface area contributed by atoms with Crippen LogP contribution in [0.1, 0.15) is 18.4 Å². The summed E-state index contributed by atoms with van der Waals surface area (Å²) in [5, 5.41) is 8.65. The monoisotopic (exact) mass is 381 g/mol. The minimum atomic E-state index is -3.51. The van der Waals surface area contributed by atoms with Gasteiger partial charge >= 0.3 is 5.97 Å². The van der Waals surface area contributed by atoms with Crippen LogP contribution >= 0.6 is 7.37 Å². The van der Waals surface area contributed by atoms with Crippen molar-refractivity contribution in [3.63, 3.8) is 0 Å². The molecule has 9 heteroatoms. The lowest BCUT2D eigenvalue weighted by Crippen LogP contribution is -3.00. The minimum absolute atomic E-state index is 0. The van der Waals surface area contributed by atoms with Gasteiger partial charge in [-0.15, -0.1) is 0 Å². The van der Waals surface area contributed by atoms with Gasteiger partial charge in [0.1, 0.15) is 12.4 Å². The normalized spacial score (nSPS) is 14.3. The third kappa shape index (κ3) is 8.13. The van der Waals surface area contributed by atoms with Gasteiger partial charge in [0, 0.05) is 19.7 Å². The van der Waals surface area contributed by atoms with E-state index in [4.69, 9.17) is 14.6 Å². The molecule has 2 atom stereocenters. The maximum Gasteiger partial charge on any atom is 0.303 e. The molecule has 0 aliphatic carbocycles. The number of para-hydroxylation sites is 1. The van der Waals surface area contributed by atoms with Gasteiger partial charge in [-0.05, 0) is 18.1 Å². The molecule has 5 N–H and O–H groups in total. The number of aliphatic carboxylic acids is 1. The lowest BCUT2D eigenvalue weighted by atomic mass is 10.1. The van der Waals surface area contributed by atoms with E-state index in [1.54, 1.807) is 13.2 Å². The van der Waals surface area contributed by atoms with Gasteiger partial charge < -0.3 is 37.6 Å². The van der Waals surface area contributed by atoms with Gasteiger partial charge in [-0.2, -0.15) is 0 Å². The van der Waals surface area contributed by atoms with Crippen molar-refractivity contribution < 1.29 is 47.0 Å². The summed E-state index contributed by atoms with van der Waals surface area (Å²) in [5.74, 6) is -1.11. The van der Waals surface area contributed by atoms with E-state index in [0.29, 0.717) is 25.4 Å². The molecule has 1 aromatic rings. The van der Waals surface area contributed by atoms with Crippen LogP contribution in [-0.4, -0.2) is 48.2 Å². The Balaban J connectivity index is 0.00000529. The molecule has 0 amide bonds. The first-order valence-corrected chi connectivity index (χ1v) is 9.34. The minimum Gasteiger partial charge on any atom is -1.00 e. The summed E-state index contributed by atoms with van der Waals surface area (Å²) in [6.07, 6.45) is 0.353. The topological polar surface area (TPSA) is 121 Å². The summed E-state index contributed by atoms with van der Waals surface area (Å²) in [7, 11) is -1.93. The van der Waals surface area contributed by atoms with Crippen LogP contribution in [0.5, 0.6) is 5.75 Å². The fraction of sp³-hybridized carbons (Fsp3) is 0.533. The van der Waals surface area contributed by atoms with Crippen molar-refractivity contribution in [3.05, 3.63) is 29.8 Å². The first kappa shape index (κ1) is 22.9. The lowest BCUT2D eigenvalue weighted by Gasteiger charge is -2.17. The molecule has 0 fully saturated rings. The van der Waals surface area contributed by atoms with Crippen molar-refractivity contribution in [2.45, 2.75) is 25.0 Å². The van der Waals surface area contributed by atoms with Gasteiger partial charge in [0.25, 0.3) is 7.37 Å². The van der Waals surface area contributed by atoms with E-state index in [0.717, 1.165) is 5.56 Å². The molecular formula is C15H25ClNO6P. The number of benzene rings is 1. The highest BCUT2D eigenvalue weighted by molar-refractivity contribution is 7.58. The average molecular weight is 382 g/mol. The molecule has 0 radical (unpaired) electrons. The molecule has 24 heavy (non-hydrogen) atoms. The fourth-order valence-electron chi connectivity index (χ4n) is 2.04. The van der Waals surface area contributed by atoms with E-state index < -0.39 is 19.1 Å². The third-order valence-electron chi connectivity index (χ3n) is 3.48. The highest BCUT2D eigenvalue weighted by Gasteiger charge is 2.31. The highest BCUT2D eigenvalue weighted by Crippen LogP contribution is 2.45. The van der Waals surface area contributed by atoms with Gasteiger partial charge in [-0.3, -0.25) is 9.36 Å². The van der Waals surface area contributed by atoms with Gasteiger partial charge in [0.05, 0.1) is 13.0 Å². The molecule has 0 saturated carbocycles. The number of ether oxygens (including phenoxy) is 2. The van der Waals surface area contributed by atoms with E-state index in [1.807, 2.05) is 18.2 Å². The van der Waals surface area contributed by atoms with Crippen LogP contribution < -0.4 is 22.9 Å². The first-order valence-electron chi connectivity index (χ1n) is 7.43. The molecule has 0 heterocycles. The molecule has 0 aliphatic rings. The van der Waals surface area contributed by atoms with E-state index in [2.05, 4.69) is 5.73 Å². The molecule has 0 aromatic heterocycles. The number of carboxylic acid groups (broad SMARTS) is 1. The molecule has 1 aromatic carbocycles. The van der Waals surface area contributed by atoms with E-state index in [9.17, 15) is 14.3 Å². The molecule has 1 rings (SSSR count). The molecule has 2 unspecified atom stereocenters. The van der Waals surface area contributed by atoms with Gasteiger partial charge in [-0.1, -0.05) is 18.2 Å². The molecule has 7 nitrogen and oxygen atoms in total. The summed E-state index contributed by atoms with van der Waals surface area (Å²) in [6, 6.07) is 7.32. The van der Waals surface area contributed by atoms with Crippen molar-refractivity contribution in [1.29, 1.82) is 0 Å². The van der Waals surface area contributed by atoms with Crippen LogP contribution in [0.4, 0.5) is 0 Å². The Hall–Kier alpha value is -1.11. The second-order valence-corrected chi connectivity index (χ2v) is 7.95. The SMILES string of the molecule is COCCOc1ccccc1CCP(=O)(O)C([NH3+])CCC(=O)O.[Cl-]. The molecule has 0 saturated heterocycles. The zero-order valence-electron chi connectivity index (χ0n) is 13.7. The highest BCUT2D eigenvalue weighted by atomic mass is 35.5. The predicted octanol–water partition coefficient (Wildman–Crippen LogP) is -2.04. The van der Waals surface area contributed by atoms with Crippen LogP contribution in [0.2, 0.25) is 0 Å². The maximum absolute atomic E-state index is 12.3. The van der Waals surface area contributed by atoms with Crippen LogP contribution in [0, 0.1) is 0 Å². The quantitative estimate of drug-likeness (QED) is 0.300. The number of rotatable bonds is 11. The Bertz CT molecular complexity index is 557. The van der Waals surface area contributed by atoms with Crippen LogP contribution in [0.3, 0.4) is 0 Å². The Morgan fingerprint density at radius 3 is 2.62 bits per heavy atom. The van der Waals surface area contributed by atoms with Crippen molar-refractivity contribution >= 4 is 13.3 Å². The van der Waals surface area contributed by atoms with Crippen LogP contribution in [-0.2, 0) is 20.5 Å². The Morgan fingerprint density at radius 2 is 2.00 bits per heavy atom. The average Bonchev–Trinajstić information content (AvgIpc) is 2.51. The molecule has 0 spiro atoms. The van der Waals surface area contributed by atoms with Gasteiger partial charge in [-0.25, -0.2) is 0 Å². The standard InChI is InChI=1S/C15H24NO6P.ClH/c1-21-9-10-22-13-5-3-2-4-12(13)8-11-23(19,20)14(16)6-7-15(17)18;/h2-5,14H,6-11,16H2,1H3,(H,17,18)(H,19,20);1H. The van der Waals surface area contributed by atoms with Crippen molar-refractivity contribution in [2.24, 2.45) is 0 Å². The predicted molar refractivity (Wildman–Crippen MR) is 85.8 cm³/mol. The lowest BCUT2D eigenvalue weighted by molar-refractivity contribution is -0.392. The van der Waals surface area contributed by atoms with Crippen molar-refractivity contribution in [2.75, 3.05) is 26.5 Å². The van der Waals surface area contributed by atoms with Gasteiger partial charge in [0.15, 0.2) is 5.78 Å². The van der Waals surface area contributed by atoms with E-state index in [1.165, 1.54) is 0 Å². The molecule has 0 bridgehead atoms. The molecule has 0 aliphatic heterocycles. The largest absolute Gasteiger partial charge is 1.00 e. The van der Waals surface area contributed by atoms with Crippen LogP contribution in [0.25, 0.3) is 0 Å². The second kappa shape index (κ2) is 11.4. The number of hydrogen-bond donors (Lipinski definition) is 3. The summed E-state index contributed by atoms with van der Waals surface area (Å²) < 4.78 is 22.8. The summed E-state index contributed by atoms with van der Waals surface area (Å²) in [6.45, 7) is 0.865. The number of methoxy groups -OCH3 is 1. The first-order chi connectivity index (χ1) is 10.9. The van der Waals surface area contributed by atoms with Crippen molar-refractivity contribution in [3.8, 4) is 5.75 Å². The number of carbonyl (C=O) groups is 1. The number of quaternary nitrogens is 1. The Morgan fingerprint density at radius 1 is 1.33 bits per heavy atom. The number of hydrogen-bond acceptors (Lipinski definition) is 4. The summed E-state index contributed by atoms with van der Waals surface area (Å²) in [5.41, 5.74) is 4.49. The number of carboxylic acids is 1. The second-order valence-electron chi connectivity index (χ2n) is 5.26. The zero-order chi connectivity index (χ0) is 17.3. The summed E-state index contributed by atoms with van der Waals surface area (Å²) in [4.78, 5) is 20.7. The Kier molecular flexibility index (Phi) is 10.9.